The fourth-order valence-electron chi connectivity index (χ4n) is 4.63. The van der Waals surface area contributed by atoms with Crippen LogP contribution in [0.5, 0.6) is 0 Å². The fourth-order valence-corrected chi connectivity index (χ4v) is 5.13. The Hall–Kier alpha value is -2.42. The second kappa shape index (κ2) is 10.1. The van der Waals surface area contributed by atoms with Gasteiger partial charge in [0.15, 0.2) is 0 Å². The zero-order valence-corrected chi connectivity index (χ0v) is 20.8. The maximum Gasteiger partial charge on any atom is 0.266 e. The van der Waals surface area contributed by atoms with E-state index in [0.717, 1.165) is 38.2 Å². The molecule has 0 saturated heterocycles. The second-order valence-corrected chi connectivity index (χ2v) is 10.2. The number of fused-ring (bicyclic) bond motifs is 4. The van der Waals surface area contributed by atoms with Crippen LogP contribution >= 0.6 is 15.9 Å². The van der Waals surface area contributed by atoms with Gasteiger partial charge in [0.25, 0.3) is 6.43 Å². The molecule has 3 heterocycles. The summed E-state index contributed by atoms with van der Waals surface area (Å²) in [5.41, 5.74) is 0.704. The van der Waals surface area contributed by atoms with Gasteiger partial charge >= 0.3 is 0 Å². The van der Waals surface area contributed by atoms with Crippen LogP contribution in [0, 0.1) is 18.2 Å². The molecule has 0 spiro atoms. The third-order valence-electron chi connectivity index (χ3n) is 6.85. The summed E-state index contributed by atoms with van der Waals surface area (Å²) in [5.74, 6) is 0.118. The van der Waals surface area contributed by atoms with Crippen molar-refractivity contribution in [2.24, 2.45) is 10.4 Å². The number of aliphatic hydroxyl groups excluding tert-OH is 1. The van der Waals surface area contributed by atoms with Crippen LogP contribution in [-0.4, -0.2) is 27.3 Å². The number of benzene rings is 1. The smallest absolute Gasteiger partial charge is 0.266 e. The Kier molecular flexibility index (Phi) is 7.31. The van der Waals surface area contributed by atoms with Crippen LogP contribution in [-0.2, 0) is 6.54 Å². The van der Waals surface area contributed by atoms with Crippen molar-refractivity contribution in [3.8, 4) is 0 Å². The minimum absolute atomic E-state index is 0.0434. The van der Waals surface area contributed by atoms with Crippen LogP contribution in [0.2, 0.25) is 0 Å². The summed E-state index contributed by atoms with van der Waals surface area (Å²) in [4.78, 5) is 13.8. The highest BCUT2D eigenvalue weighted by molar-refractivity contribution is 9.15. The number of nitrogens with zero attached hydrogens (tertiary/aromatic N) is 3. The molecule has 0 unspecified atom stereocenters. The normalized spacial score (nSPS) is 23.0. The Balaban J connectivity index is 1.74. The molecule has 5 nitrogen and oxygen atoms in total. The molecule has 1 aromatic carbocycles. The number of rotatable bonds is 4. The van der Waals surface area contributed by atoms with Gasteiger partial charge in [-0.15, -0.1) is 0 Å². The molecule has 9 heteroatoms. The van der Waals surface area contributed by atoms with E-state index in [9.17, 15) is 18.3 Å². The first-order valence-electron chi connectivity index (χ1n) is 11.5. The Bertz CT molecular complexity index is 1130. The fraction of sp³-hybridized carbons (Fsp3) is 0.480. The number of aryl methyl sites for hydroxylation is 1. The van der Waals surface area contributed by atoms with Crippen LogP contribution in [0.4, 0.5) is 19.0 Å². The summed E-state index contributed by atoms with van der Waals surface area (Å²) >= 11 is 3.52. The van der Waals surface area contributed by atoms with E-state index in [0.29, 0.717) is 33.8 Å². The molecule has 1 saturated carbocycles. The highest BCUT2D eigenvalue weighted by Crippen LogP contribution is 2.43. The maximum absolute atomic E-state index is 14.6. The maximum atomic E-state index is 14.6. The molecular formula is C25H28BrF3N4O. The number of nitrogens with one attached hydrogen (secondary N) is 1. The van der Waals surface area contributed by atoms with Gasteiger partial charge in [-0.1, -0.05) is 25.1 Å². The van der Waals surface area contributed by atoms with Gasteiger partial charge in [-0.3, -0.25) is 4.99 Å². The zero-order chi connectivity index (χ0) is 24.5. The number of aliphatic hydroxyl groups is 1. The lowest BCUT2D eigenvalue weighted by Crippen LogP contribution is -2.27. The number of allylic oxidation sites excluding steroid dienone is 1. The first kappa shape index (κ1) is 24.7. The minimum atomic E-state index is -2.89. The number of halogens is 4. The molecule has 3 aliphatic rings. The van der Waals surface area contributed by atoms with Crippen molar-refractivity contribution in [2.75, 3.05) is 5.32 Å². The number of anilines is 1. The molecule has 0 amide bonds. The lowest BCUT2D eigenvalue weighted by molar-refractivity contribution is 0.146. The van der Waals surface area contributed by atoms with Gasteiger partial charge in [0.1, 0.15) is 23.2 Å². The monoisotopic (exact) mass is 536 g/mol. The predicted octanol–water partition coefficient (Wildman–Crippen LogP) is 7.26. The molecule has 5 rings (SSSR count). The van der Waals surface area contributed by atoms with Gasteiger partial charge < -0.3 is 10.4 Å². The highest BCUT2D eigenvalue weighted by Gasteiger charge is 2.32. The van der Waals surface area contributed by atoms with Gasteiger partial charge in [-0.2, -0.15) is 0 Å². The van der Waals surface area contributed by atoms with E-state index in [-0.39, 0.29) is 29.3 Å². The largest absolute Gasteiger partial charge is 0.511 e. The van der Waals surface area contributed by atoms with E-state index in [1.54, 1.807) is 13.1 Å². The van der Waals surface area contributed by atoms with Crippen molar-refractivity contribution < 1.29 is 18.3 Å². The SMILES string of the molecule is Cc1nc(NCc2cccc(C(F)F)c2F)c2c(n1)C(Br)=C(O)CCC1(C)CCC(CC1)N=C2. The van der Waals surface area contributed by atoms with Crippen LogP contribution in [0.15, 0.2) is 29.0 Å². The summed E-state index contributed by atoms with van der Waals surface area (Å²) in [6, 6.07) is 4.14. The Morgan fingerprint density at radius 3 is 2.65 bits per heavy atom. The minimum Gasteiger partial charge on any atom is -0.511 e. The van der Waals surface area contributed by atoms with Crippen molar-refractivity contribution in [2.45, 2.75) is 71.4 Å². The van der Waals surface area contributed by atoms with Gasteiger partial charge in [0.05, 0.1) is 21.3 Å². The molecule has 0 atom stereocenters. The molecule has 1 aromatic heterocycles. The molecule has 1 fully saturated rings. The van der Waals surface area contributed by atoms with Gasteiger partial charge in [0, 0.05) is 30.8 Å². The van der Waals surface area contributed by atoms with E-state index < -0.39 is 17.8 Å². The highest BCUT2D eigenvalue weighted by atomic mass is 79.9. The lowest BCUT2D eigenvalue weighted by Gasteiger charge is -2.36. The van der Waals surface area contributed by atoms with E-state index in [4.69, 9.17) is 4.99 Å². The molecule has 2 bridgehead atoms. The van der Waals surface area contributed by atoms with E-state index in [2.05, 4.69) is 38.1 Å². The van der Waals surface area contributed by atoms with Crippen molar-refractivity contribution in [1.82, 2.24) is 9.97 Å². The van der Waals surface area contributed by atoms with Gasteiger partial charge in [-0.05, 0) is 60.4 Å². The van der Waals surface area contributed by atoms with Crippen molar-refractivity contribution >= 4 is 32.4 Å². The van der Waals surface area contributed by atoms with E-state index in [1.165, 1.54) is 12.1 Å². The first-order chi connectivity index (χ1) is 16.2. The predicted molar refractivity (Wildman–Crippen MR) is 131 cm³/mol. The van der Waals surface area contributed by atoms with Crippen LogP contribution in [0.3, 0.4) is 0 Å². The molecular weight excluding hydrogens is 509 g/mol. The molecule has 2 aromatic rings. The molecule has 34 heavy (non-hydrogen) atoms. The van der Waals surface area contributed by atoms with E-state index in [1.807, 2.05) is 0 Å². The Morgan fingerprint density at radius 2 is 1.94 bits per heavy atom. The van der Waals surface area contributed by atoms with E-state index >= 15 is 0 Å². The lowest BCUT2D eigenvalue weighted by atomic mass is 9.71. The van der Waals surface area contributed by atoms with Crippen LogP contribution < -0.4 is 5.32 Å². The third kappa shape index (κ3) is 5.29. The van der Waals surface area contributed by atoms with Crippen molar-refractivity contribution in [3.63, 3.8) is 0 Å². The van der Waals surface area contributed by atoms with Crippen LogP contribution in [0.1, 0.15) is 80.1 Å². The summed E-state index contributed by atoms with van der Waals surface area (Å²) in [6.45, 7) is 3.94. The summed E-state index contributed by atoms with van der Waals surface area (Å²) in [5, 5.41) is 13.9. The third-order valence-corrected chi connectivity index (χ3v) is 7.68. The quantitative estimate of drug-likeness (QED) is 0.431. The summed E-state index contributed by atoms with van der Waals surface area (Å²) in [6.07, 6.45) is 4.24. The van der Waals surface area contributed by atoms with Crippen LogP contribution in [0.25, 0.3) is 4.48 Å². The molecule has 2 N–H and O–H groups in total. The number of hydrogen-bond donors (Lipinski definition) is 2. The van der Waals surface area contributed by atoms with Gasteiger partial charge in [0.2, 0.25) is 0 Å². The standard InChI is InChI=1S/C25H28BrF3N4O/c1-14-32-22-18(24(33-14)31-12-15-4-3-5-17(21(15)27)23(28)29)13-30-16-6-9-25(2,10-7-16)11-8-19(34)20(22)26/h3-5,13,16,23,34H,6-12H2,1-2H3,(H,31,32,33). The average molecular weight is 537 g/mol. The molecule has 2 aliphatic heterocycles. The second-order valence-electron chi connectivity index (χ2n) is 9.44. The Labute approximate surface area is 205 Å². The number of alkyl halides is 2. The van der Waals surface area contributed by atoms with Crippen molar-refractivity contribution in [1.29, 1.82) is 0 Å². The topological polar surface area (TPSA) is 70.4 Å². The number of aliphatic imine (C=N–C) groups is 1. The first-order valence-corrected chi connectivity index (χ1v) is 12.3. The zero-order valence-electron chi connectivity index (χ0n) is 19.2. The molecule has 182 valence electrons. The molecule has 1 aliphatic carbocycles. The number of aromatic nitrogens is 2. The van der Waals surface area contributed by atoms with Crippen molar-refractivity contribution in [3.05, 3.63) is 58.0 Å². The number of hydrogen-bond acceptors (Lipinski definition) is 5. The Morgan fingerprint density at radius 1 is 1.21 bits per heavy atom. The summed E-state index contributed by atoms with van der Waals surface area (Å²) < 4.78 is 41.3. The summed E-state index contributed by atoms with van der Waals surface area (Å²) in [7, 11) is 0. The van der Waals surface area contributed by atoms with Gasteiger partial charge in [-0.25, -0.2) is 23.1 Å². The average Bonchev–Trinajstić information content (AvgIpc) is 2.80. The molecule has 0 radical (unpaired) electrons.